The number of hydrogen-bond donors (Lipinski definition) is 1. The van der Waals surface area contributed by atoms with Crippen LogP contribution >= 0.6 is 24.0 Å². The fourth-order valence-electron chi connectivity index (χ4n) is 4.00. The molecule has 2 saturated heterocycles. The number of halogens is 1. The SMILES string of the molecule is CN=C(NCCCN1CCN(C(=O)OC(C)(C)C)CC1)N1CCN(c2ccccn2)CC1.I. The van der Waals surface area contributed by atoms with Crippen molar-refractivity contribution in [2.45, 2.75) is 32.8 Å². The zero-order valence-electron chi connectivity index (χ0n) is 20.5. The molecule has 0 aromatic carbocycles. The molecule has 1 amide bonds. The zero-order chi connectivity index (χ0) is 23.0. The normalized spacial score (nSPS) is 18.1. The van der Waals surface area contributed by atoms with Gasteiger partial charge in [0.2, 0.25) is 0 Å². The molecule has 1 aromatic heterocycles. The second-order valence-corrected chi connectivity index (χ2v) is 9.30. The first-order valence-corrected chi connectivity index (χ1v) is 11.7. The van der Waals surface area contributed by atoms with Gasteiger partial charge in [-0.05, 0) is 45.9 Å². The Morgan fingerprint density at radius 1 is 1.06 bits per heavy atom. The van der Waals surface area contributed by atoms with Crippen molar-refractivity contribution in [3.8, 4) is 0 Å². The van der Waals surface area contributed by atoms with Gasteiger partial charge in [0.25, 0.3) is 0 Å². The highest BCUT2D eigenvalue weighted by Gasteiger charge is 2.25. The molecule has 3 heterocycles. The summed E-state index contributed by atoms with van der Waals surface area (Å²) in [6.07, 6.45) is 2.68. The van der Waals surface area contributed by atoms with E-state index in [2.05, 4.69) is 36.1 Å². The van der Waals surface area contributed by atoms with Crippen LogP contribution in [0.25, 0.3) is 0 Å². The second kappa shape index (κ2) is 13.2. The maximum atomic E-state index is 12.2. The van der Waals surface area contributed by atoms with Crippen molar-refractivity contribution in [3.63, 3.8) is 0 Å². The summed E-state index contributed by atoms with van der Waals surface area (Å²) in [5.74, 6) is 2.02. The number of nitrogens with zero attached hydrogens (tertiary/aromatic N) is 6. The Morgan fingerprint density at radius 3 is 2.30 bits per heavy atom. The molecule has 2 aliphatic heterocycles. The molecule has 1 N–H and O–H groups in total. The van der Waals surface area contributed by atoms with Crippen LogP contribution in [0.2, 0.25) is 0 Å². The quantitative estimate of drug-likeness (QED) is 0.251. The van der Waals surface area contributed by atoms with Gasteiger partial charge in [0.05, 0.1) is 0 Å². The maximum absolute atomic E-state index is 12.2. The summed E-state index contributed by atoms with van der Waals surface area (Å²) in [5, 5.41) is 3.52. The molecule has 0 radical (unpaired) electrons. The molecule has 2 fully saturated rings. The Kier molecular flexibility index (Phi) is 10.9. The van der Waals surface area contributed by atoms with E-state index in [1.807, 2.05) is 51.0 Å². The predicted octanol–water partition coefficient (Wildman–Crippen LogP) is 2.34. The average molecular weight is 574 g/mol. The van der Waals surface area contributed by atoms with Gasteiger partial charge < -0.3 is 24.8 Å². The van der Waals surface area contributed by atoms with Gasteiger partial charge >= 0.3 is 6.09 Å². The summed E-state index contributed by atoms with van der Waals surface area (Å²) in [4.78, 5) is 30.0. The van der Waals surface area contributed by atoms with Gasteiger partial charge in [0, 0.05) is 72.1 Å². The zero-order valence-corrected chi connectivity index (χ0v) is 22.8. The van der Waals surface area contributed by atoms with Crippen LogP contribution in [0, 0.1) is 0 Å². The molecule has 3 rings (SSSR count). The summed E-state index contributed by atoms with van der Waals surface area (Å²) in [6, 6.07) is 6.05. The third-order valence-electron chi connectivity index (χ3n) is 5.72. The lowest BCUT2D eigenvalue weighted by molar-refractivity contribution is 0.0145. The topological polar surface area (TPSA) is 76.5 Å². The maximum Gasteiger partial charge on any atom is 0.410 e. The largest absolute Gasteiger partial charge is 0.444 e. The smallest absolute Gasteiger partial charge is 0.410 e. The summed E-state index contributed by atoms with van der Waals surface area (Å²) in [6.45, 7) is 14.6. The number of amides is 1. The van der Waals surface area contributed by atoms with Crippen molar-refractivity contribution in [1.29, 1.82) is 0 Å². The minimum Gasteiger partial charge on any atom is -0.444 e. The first kappa shape index (κ1) is 27.4. The van der Waals surface area contributed by atoms with Crippen molar-refractivity contribution >= 4 is 41.8 Å². The van der Waals surface area contributed by atoms with E-state index in [4.69, 9.17) is 4.74 Å². The average Bonchev–Trinajstić information content (AvgIpc) is 2.79. The van der Waals surface area contributed by atoms with Crippen LogP contribution in [0.5, 0.6) is 0 Å². The number of anilines is 1. The molecule has 1 aromatic rings. The Morgan fingerprint density at radius 2 is 1.73 bits per heavy atom. The molecule has 2 aliphatic rings. The molecule has 0 unspecified atom stereocenters. The summed E-state index contributed by atoms with van der Waals surface area (Å²) < 4.78 is 5.47. The number of pyridine rings is 1. The Bertz CT molecular complexity index is 741. The van der Waals surface area contributed by atoms with Gasteiger partial charge in [0.1, 0.15) is 11.4 Å². The van der Waals surface area contributed by atoms with E-state index in [0.717, 1.165) is 83.6 Å². The molecule has 0 aliphatic carbocycles. The van der Waals surface area contributed by atoms with Gasteiger partial charge in [-0.15, -0.1) is 24.0 Å². The van der Waals surface area contributed by atoms with Crippen LogP contribution in [0.3, 0.4) is 0 Å². The highest BCUT2D eigenvalue weighted by molar-refractivity contribution is 14.0. The highest BCUT2D eigenvalue weighted by Crippen LogP contribution is 2.13. The number of nitrogens with one attached hydrogen (secondary N) is 1. The van der Waals surface area contributed by atoms with Crippen LogP contribution in [0.15, 0.2) is 29.4 Å². The number of hydrogen-bond acceptors (Lipinski definition) is 6. The van der Waals surface area contributed by atoms with E-state index in [9.17, 15) is 4.79 Å². The molecule has 186 valence electrons. The van der Waals surface area contributed by atoms with Gasteiger partial charge in [-0.3, -0.25) is 9.89 Å². The summed E-state index contributed by atoms with van der Waals surface area (Å²) in [7, 11) is 1.85. The van der Waals surface area contributed by atoms with Crippen molar-refractivity contribution in [2.75, 3.05) is 77.4 Å². The highest BCUT2D eigenvalue weighted by atomic mass is 127. The molecule has 33 heavy (non-hydrogen) atoms. The van der Waals surface area contributed by atoms with Crippen molar-refractivity contribution in [2.24, 2.45) is 4.99 Å². The van der Waals surface area contributed by atoms with Crippen LogP contribution in [-0.4, -0.2) is 110 Å². The van der Waals surface area contributed by atoms with Crippen LogP contribution < -0.4 is 10.2 Å². The Hall–Kier alpha value is -1.82. The summed E-state index contributed by atoms with van der Waals surface area (Å²) >= 11 is 0. The number of piperazine rings is 2. The lowest BCUT2D eigenvalue weighted by Crippen LogP contribution is -2.53. The Labute approximate surface area is 215 Å². The van der Waals surface area contributed by atoms with Crippen LogP contribution in [0.1, 0.15) is 27.2 Å². The predicted molar refractivity (Wildman–Crippen MR) is 144 cm³/mol. The van der Waals surface area contributed by atoms with Crippen molar-refractivity contribution < 1.29 is 9.53 Å². The molecule has 9 nitrogen and oxygen atoms in total. The van der Waals surface area contributed by atoms with Gasteiger partial charge in [-0.2, -0.15) is 0 Å². The molecular weight excluding hydrogens is 533 g/mol. The molecule has 0 bridgehead atoms. The molecule has 0 spiro atoms. The Balaban J connectivity index is 0.00000385. The molecule has 10 heteroatoms. The fourth-order valence-corrected chi connectivity index (χ4v) is 4.00. The monoisotopic (exact) mass is 573 g/mol. The number of carbonyl (C=O) groups excluding carboxylic acids is 1. The number of carbonyl (C=O) groups is 1. The standard InChI is InChI=1S/C23H39N7O2.HI/c1-23(2,3)32-22(31)30-14-12-27(13-15-30)11-7-10-26-21(24-4)29-18-16-28(17-19-29)20-8-5-6-9-25-20;/h5-6,8-9H,7,10-19H2,1-4H3,(H,24,26);1H. The number of aromatic nitrogens is 1. The van der Waals surface area contributed by atoms with Crippen LogP contribution in [0.4, 0.5) is 10.6 Å². The van der Waals surface area contributed by atoms with E-state index in [1.54, 1.807) is 0 Å². The number of ether oxygens (including phenoxy) is 1. The van der Waals surface area contributed by atoms with E-state index >= 15 is 0 Å². The fraction of sp³-hybridized carbons (Fsp3) is 0.696. The first-order valence-electron chi connectivity index (χ1n) is 11.7. The van der Waals surface area contributed by atoms with E-state index in [-0.39, 0.29) is 30.1 Å². The third kappa shape index (κ3) is 8.80. The number of rotatable bonds is 5. The molecule has 0 saturated carbocycles. The molecule has 0 atom stereocenters. The second-order valence-electron chi connectivity index (χ2n) is 9.30. The van der Waals surface area contributed by atoms with E-state index < -0.39 is 5.60 Å². The van der Waals surface area contributed by atoms with Gasteiger partial charge in [-0.25, -0.2) is 9.78 Å². The third-order valence-corrected chi connectivity index (χ3v) is 5.72. The minimum atomic E-state index is -0.441. The van der Waals surface area contributed by atoms with Crippen molar-refractivity contribution in [3.05, 3.63) is 24.4 Å². The molecular formula is C23H40IN7O2. The lowest BCUT2D eigenvalue weighted by Gasteiger charge is -2.37. The first-order chi connectivity index (χ1) is 15.4. The van der Waals surface area contributed by atoms with Gasteiger partial charge in [-0.1, -0.05) is 6.07 Å². The lowest BCUT2D eigenvalue weighted by atomic mass is 10.2. The van der Waals surface area contributed by atoms with Crippen LogP contribution in [-0.2, 0) is 4.74 Å². The van der Waals surface area contributed by atoms with Crippen molar-refractivity contribution in [1.82, 2.24) is 25.0 Å². The number of guanidine groups is 1. The number of aliphatic imine (C=N–C) groups is 1. The van der Waals surface area contributed by atoms with E-state index in [1.165, 1.54) is 0 Å². The summed E-state index contributed by atoms with van der Waals surface area (Å²) in [5.41, 5.74) is -0.441. The van der Waals surface area contributed by atoms with Gasteiger partial charge in [0.15, 0.2) is 5.96 Å². The van der Waals surface area contributed by atoms with E-state index in [0.29, 0.717) is 0 Å². The minimum absolute atomic E-state index is 0.